The Morgan fingerprint density at radius 3 is 2.60 bits per heavy atom. The molecule has 0 saturated carbocycles. The molecule has 1 saturated heterocycles. The predicted octanol–water partition coefficient (Wildman–Crippen LogP) is 4.44. The second kappa shape index (κ2) is 8.62. The molecule has 2 aromatic heterocycles. The fraction of sp³-hybridized carbons (Fsp3) is 0.333. The van der Waals surface area contributed by atoms with Gasteiger partial charge in [-0.15, -0.1) is 10.2 Å². The second-order valence-corrected chi connectivity index (χ2v) is 8.25. The number of halogens is 2. The Kier molecular flexibility index (Phi) is 5.92. The molecule has 1 aliphatic rings. The first-order valence-electron chi connectivity index (χ1n) is 9.79. The average Bonchev–Trinajstić information content (AvgIpc) is 3.09. The number of nitrogens with one attached hydrogen (secondary N) is 1. The summed E-state index contributed by atoms with van der Waals surface area (Å²) in [5.74, 6) is 1.17. The Morgan fingerprint density at radius 2 is 1.90 bits per heavy atom. The van der Waals surface area contributed by atoms with Crippen LogP contribution in [0, 0.1) is 19.8 Å². The number of hydrogen-bond donors (Lipinski definition) is 1. The minimum Gasteiger partial charge on any atom is -0.354 e. The van der Waals surface area contributed by atoms with Gasteiger partial charge in [0.2, 0.25) is 5.91 Å². The van der Waals surface area contributed by atoms with Crippen LogP contribution >= 0.6 is 23.2 Å². The summed E-state index contributed by atoms with van der Waals surface area (Å²) >= 11 is 12.2. The van der Waals surface area contributed by atoms with E-state index in [2.05, 4.69) is 25.5 Å². The second-order valence-electron chi connectivity index (χ2n) is 7.46. The summed E-state index contributed by atoms with van der Waals surface area (Å²) in [6.45, 7) is 5.32. The van der Waals surface area contributed by atoms with Crippen LogP contribution in [-0.4, -0.2) is 39.0 Å². The third kappa shape index (κ3) is 4.27. The van der Waals surface area contributed by atoms with E-state index < -0.39 is 0 Å². The van der Waals surface area contributed by atoms with Gasteiger partial charge in [-0.05, 0) is 57.0 Å². The lowest BCUT2D eigenvalue weighted by molar-refractivity contribution is -0.120. The molecule has 1 aliphatic heterocycles. The van der Waals surface area contributed by atoms with Gasteiger partial charge in [0, 0.05) is 18.8 Å². The van der Waals surface area contributed by atoms with Crippen molar-refractivity contribution in [3.05, 3.63) is 57.8 Å². The van der Waals surface area contributed by atoms with Crippen LogP contribution in [0.25, 0.3) is 5.82 Å². The van der Waals surface area contributed by atoms with Crippen molar-refractivity contribution in [3.63, 3.8) is 0 Å². The van der Waals surface area contributed by atoms with Crippen molar-refractivity contribution >= 4 is 40.6 Å². The van der Waals surface area contributed by atoms with Gasteiger partial charge in [-0.1, -0.05) is 29.3 Å². The molecule has 0 unspecified atom stereocenters. The summed E-state index contributed by atoms with van der Waals surface area (Å²) in [7, 11) is 0. The molecule has 7 nitrogen and oxygen atoms in total. The van der Waals surface area contributed by atoms with E-state index in [0.29, 0.717) is 28.1 Å². The molecule has 156 valence electrons. The Morgan fingerprint density at radius 1 is 1.13 bits per heavy atom. The van der Waals surface area contributed by atoms with E-state index in [1.54, 1.807) is 22.9 Å². The first-order chi connectivity index (χ1) is 14.4. The number of nitrogens with zero attached hydrogens (tertiary/aromatic N) is 5. The number of aryl methyl sites for hydroxylation is 2. The molecule has 0 aliphatic carbocycles. The Hall–Kier alpha value is -2.64. The number of carbonyl (C=O) groups is 1. The first kappa shape index (κ1) is 20.6. The number of benzene rings is 1. The largest absolute Gasteiger partial charge is 0.354 e. The van der Waals surface area contributed by atoms with Crippen LogP contribution in [0.15, 0.2) is 36.4 Å². The fourth-order valence-corrected chi connectivity index (χ4v) is 4.04. The number of rotatable bonds is 4. The maximum atomic E-state index is 12.8. The SMILES string of the molecule is Cc1cc(C)n(-c2ccc(N3CCC[C@@H](C(=O)Nc4cccc(Cl)c4Cl)C3)nn2)n1. The molecule has 0 bridgehead atoms. The number of carbonyl (C=O) groups excluding carboxylic acids is 1. The predicted molar refractivity (Wildman–Crippen MR) is 119 cm³/mol. The van der Waals surface area contributed by atoms with Gasteiger partial charge in [0.15, 0.2) is 11.6 Å². The molecule has 3 heterocycles. The normalized spacial score (nSPS) is 16.5. The summed E-state index contributed by atoms with van der Waals surface area (Å²) < 4.78 is 1.77. The molecule has 0 spiro atoms. The van der Waals surface area contributed by atoms with Gasteiger partial charge in [-0.3, -0.25) is 4.79 Å². The van der Waals surface area contributed by atoms with E-state index in [-0.39, 0.29) is 11.8 Å². The third-order valence-electron chi connectivity index (χ3n) is 5.19. The Labute approximate surface area is 185 Å². The first-order valence-corrected chi connectivity index (χ1v) is 10.5. The molecule has 1 amide bonds. The van der Waals surface area contributed by atoms with E-state index in [4.69, 9.17) is 23.2 Å². The van der Waals surface area contributed by atoms with Gasteiger partial charge >= 0.3 is 0 Å². The van der Waals surface area contributed by atoms with E-state index >= 15 is 0 Å². The van der Waals surface area contributed by atoms with Crippen LogP contribution < -0.4 is 10.2 Å². The number of aromatic nitrogens is 4. The van der Waals surface area contributed by atoms with Crippen molar-refractivity contribution in [3.8, 4) is 5.82 Å². The Balaban J connectivity index is 1.45. The van der Waals surface area contributed by atoms with Gasteiger partial charge in [0.05, 0.1) is 27.3 Å². The molecular formula is C21H22Cl2N6O. The maximum absolute atomic E-state index is 12.8. The third-order valence-corrected chi connectivity index (χ3v) is 6.01. The zero-order valence-electron chi connectivity index (χ0n) is 16.8. The topological polar surface area (TPSA) is 75.9 Å². The molecule has 3 aromatic rings. The minimum absolute atomic E-state index is 0.0731. The lowest BCUT2D eigenvalue weighted by Crippen LogP contribution is -2.41. The molecule has 1 fully saturated rings. The van der Waals surface area contributed by atoms with E-state index in [0.717, 1.165) is 36.6 Å². The molecule has 1 N–H and O–H groups in total. The molecule has 1 aromatic carbocycles. The molecular weight excluding hydrogens is 423 g/mol. The highest BCUT2D eigenvalue weighted by Crippen LogP contribution is 2.30. The van der Waals surface area contributed by atoms with Gasteiger partial charge < -0.3 is 10.2 Å². The highest BCUT2D eigenvalue weighted by Gasteiger charge is 2.27. The monoisotopic (exact) mass is 444 g/mol. The average molecular weight is 445 g/mol. The molecule has 30 heavy (non-hydrogen) atoms. The summed E-state index contributed by atoms with van der Waals surface area (Å²) in [5.41, 5.74) is 2.47. The van der Waals surface area contributed by atoms with Crippen molar-refractivity contribution in [2.75, 3.05) is 23.3 Å². The van der Waals surface area contributed by atoms with Gasteiger partial charge in [0.1, 0.15) is 0 Å². The number of piperidine rings is 1. The quantitative estimate of drug-likeness (QED) is 0.643. The van der Waals surface area contributed by atoms with Crippen LogP contribution in [-0.2, 0) is 4.79 Å². The molecule has 9 heteroatoms. The van der Waals surface area contributed by atoms with Crippen LogP contribution in [0.2, 0.25) is 10.0 Å². The van der Waals surface area contributed by atoms with Crippen LogP contribution in [0.1, 0.15) is 24.2 Å². The van der Waals surface area contributed by atoms with Gasteiger partial charge in [-0.2, -0.15) is 5.10 Å². The van der Waals surface area contributed by atoms with Crippen molar-refractivity contribution in [1.82, 2.24) is 20.0 Å². The number of anilines is 2. The van der Waals surface area contributed by atoms with Crippen LogP contribution in [0.4, 0.5) is 11.5 Å². The standard InChI is InChI=1S/C21H22Cl2N6O/c1-13-11-14(2)29(27-13)19-9-8-18(25-26-19)28-10-4-5-15(12-28)21(30)24-17-7-3-6-16(22)20(17)23/h3,6-9,11,15H,4-5,10,12H2,1-2H3,(H,24,30)/t15-/m1/s1. The highest BCUT2D eigenvalue weighted by atomic mass is 35.5. The summed E-state index contributed by atoms with van der Waals surface area (Å²) in [4.78, 5) is 14.9. The zero-order chi connectivity index (χ0) is 21.3. The minimum atomic E-state index is -0.175. The van der Waals surface area contributed by atoms with Crippen LogP contribution in [0.5, 0.6) is 0 Å². The summed E-state index contributed by atoms with van der Waals surface area (Å²) in [5, 5.41) is 16.8. The lowest BCUT2D eigenvalue weighted by atomic mass is 9.97. The van der Waals surface area contributed by atoms with E-state index in [1.165, 1.54) is 0 Å². The number of hydrogen-bond acceptors (Lipinski definition) is 5. The smallest absolute Gasteiger partial charge is 0.229 e. The van der Waals surface area contributed by atoms with Crippen molar-refractivity contribution in [1.29, 1.82) is 0 Å². The summed E-state index contributed by atoms with van der Waals surface area (Å²) in [6.07, 6.45) is 1.69. The van der Waals surface area contributed by atoms with Crippen molar-refractivity contribution in [2.45, 2.75) is 26.7 Å². The van der Waals surface area contributed by atoms with Gasteiger partial charge in [0.25, 0.3) is 0 Å². The van der Waals surface area contributed by atoms with E-state index in [1.807, 2.05) is 32.0 Å². The molecule has 4 rings (SSSR count). The maximum Gasteiger partial charge on any atom is 0.229 e. The lowest BCUT2D eigenvalue weighted by Gasteiger charge is -2.32. The molecule has 1 atom stereocenters. The van der Waals surface area contributed by atoms with Crippen molar-refractivity contribution in [2.24, 2.45) is 5.92 Å². The zero-order valence-corrected chi connectivity index (χ0v) is 18.3. The van der Waals surface area contributed by atoms with Crippen molar-refractivity contribution < 1.29 is 4.79 Å². The Bertz CT molecular complexity index is 1070. The van der Waals surface area contributed by atoms with Crippen LogP contribution in [0.3, 0.4) is 0 Å². The fourth-order valence-electron chi connectivity index (χ4n) is 3.70. The summed E-state index contributed by atoms with van der Waals surface area (Å²) in [6, 6.07) is 11.0. The van der Waals surface area contributed by atoms with E-state index in [9.17, 15) is 4.79 Å². The van der Waals surface area contributed by atoms with Gasteiger partial charge in [-0.25, -0.2) is 4.68 Å². The molecule has 0 radical (unpaired) electrons. The highest BCUT2D eigenvalue weighted by molar-refractivity contribution is 6.44. The number of amides is 1.